The van der Waals surface area contributed by atoms with Crippen LogP contribution in [-0.4, -0.2) is 17.0 Å². The van der Waals surface area contributed by atoms with Crippen molar-refractivity contribution in [2.24, 2.45) is 11.3 Å². The fraction of sp³-hybridized carbons (Fsp3) is 0.405. The van der Waals surface area contributed by atoms with Crippen LogP contribution >= 0.6 is 0 Å². The molecule has 0 spiro atoms. The van der Waals surface area contributed by atoms with Gasteiger partial charge in [0.05, 0.1) is 6.04 Å². The molecule has 1 saturated heterocycles. The average Bonchev–Trinajstić information content (AvgIpc) is 3.42. The van der Waals surface area contributed by atoms with Gasteiger partial charge in [-0.15, -0.1) is 0 Å². The summed E-state index contributed by atoms with van der Waals surface area (Å²) in [6.45, 7) is 4.86. The van der Waals surface area contributed by atoms with E-state index in [0.29, 0.717) is 18.0 Å². The fourth-order valence-corrected chi connectivity index (χ4v) is 8.56. The molecule has 0 bridgehead atoms. The lowest BCUT2D eigenvalue weighted by molar-refractivity contribution is 0.365. The third kappa shape index (κ3) is 3.60. The summed E-state index contributed by atoms with van der Waals surface area (Å²) in [6.07, 6.45) is 39.6. The van der Waals surface area contributed by atoms with Crippen molar-refractivity contribution in [2.75, 3.05) is 0 Å². The van der Waals surface area contributed by atoms with Crippen LogP contribution in [0.4, 0.5) is 0 Å². The lowest BCUT2D eigenvalue weighted by Crippen LogP contribution is -2.32. The second-order valence-corrected chi connectivity index (χ2v) is 13.0. The van der Waals surface area contributed by atoms with E-state index in [1.807, 2.05) is 0 Å². The summed E-state index contributed by atoms with van der Waals surface area (Å²) >= 11 is 0. The summed E-state index contributed by atoms with van der Waals surface area (Å²) in [7, 11) is 0. The molecule has 7 aliphatic carbocycles. The molecule has 0 aromatic heterocycles. The fourth-order valence-electron chi connectivity index (χ4n) is 8.56. The molecule has 2 nitrogen and oxygen atoms in total. The van der Waals surface area contributed by atoms with Crippen molar-refractivity contribution in [3.05, 3.63) is 129 Å². The Morgan fingerprint density at radius 1 is 0.872 bits per heavy atom. The van der Waals surface area contributed by atoms with Gasteiger partial charge in [0.25, 0.3) is 0 Å². The minimum atomic E-state index is 0.124. The largest absolute Gasteiger partial charge is 0.382 e. The van der Waals surface area contributed by atoms with Crippen LogP contribution in [0.25, 0.3) is 0 Å². The minimum absolute atomic E-state index is 0.124. The van der Waals surface area contributed by atoms with Crippen molar-refractivity contribution in [3.8, 4) is 0 Å². The lowest BCUT2D eigenvalue weighted by atomic mass is 9.76. The molecule has 0 radical (unpaired) electrons. The van der Waals surface area contributed by atoms with Crippen molar-refractivity contribution in [3.63, 3.8) is 0 Å². The highest BCUT2D eigenvalue weighted by Gasteiger charge is 2.46. The average molecular weight is 513 g/mol. The number of likely N-dealkylation sites (tertiary alicyclic amines) is 1. The summed E-state index contributed by atoms with van der Waals surface area (Å²) in [5.74, 6) is 0.440. The zero-order valence-electron chi connectivity index (χ0n) is 23.5. The highest BCUT2D eigenvalue weighted by molar-refractivity contribution is 5.63. The first kappa shape index (κ1) is 23.6. The summed E-state index contributed by atoms with van der Waals surface area (Å²) in [5.41, 5.74) is 15.6. The first-order valence-electron chi connectivity index (χ1n) is 15.4. The van der Waals surface area contributed by atoms with E-state index in [1.54, 1.807) is 39.0 Å². The van der Waals surface area contributed by atoms with Crippen LogP contribution in [-0.2, 0) is 0 Å². The molecule has 0 aromatic rings. The van der Waals surface area contributed by atoms with E-state index < -0.39 is 0 Å². The Balaban J connectivity index is 1.12. The van der Waals surface area contributed by atoms with Crippen LogP contribution in [0.15, 0.2) is 129 Å². The number of nitrogens with zero attached hydrogens (tertiary/aromatic N) is 1. The van der Waals surface area contributed by atoms with Crippen molar-refractivity contribution in [2.45, 2.75) is 83.7 Å². The Morgan fingerprint density at radius 3 is 2.62 bits per heavy atom. The molecule has 39 heavy (non-hydrogen) atoms. The van der Waals surface area contributed by atoms with Gasteiger partial charge in [0.2, 0.25) is 0 Å². The molecule has 0 aromatic carbocycles. The SMILES string of the molecule is CC1(C)C2=C(CCC=C2)C2=C1C=C(NC1C=C3C(=CC1)N(C1=CC=CCC1)C1C=CC4=C(C=CCC4)C31)CC2. The highest BCUT2D eigenvalue weighted by Crippen LogP contribution is 2.54. The summed E-state index contributed by atoms with van der Waals surface area (Å²) < 4.78 is 0. The predicted molar refractivity (Wildman–Crippen MR) is 161 cm³/mol. The standard InChI is InChI=1S/C37H40N2/c1-37(2)32-15-9-8-14-29(32)30-19-17-26(23-33(30)37)38-25-18-21-34-31(22-25)36-28-13-7-6-10-24(28)16-20-35(36)39(34)27-11-4-3-5-12-27/h3-4,7,9,11,13,15-16,20-23,25,35-36,38H,5-6,8,10,12,14,17-19H2,1-2H3. The topological polar surface area (TPSA) is 15.3 Å². The molecule has 0 amide bonds. The number of rotatable bonds is 3. The van der Waals surface area contributed by atoms with Crippen molar-refractivity contribution in [1.29, 1.82) is 0 Å². The Bertz CT molecular complexity index is 1480. The molecule has 1 N–H and O–H groups in total. The second-order valence-electron chi connectivity index (χ2n) is 13.0. The third-order valence-electron chi connectivity index (χ3n) is 10.4. The molecule has 1 aliphatic heterocycles. The maximum atomic E-state index is 4.04. The van der Waals surface area contributed by atoms with Gasteiger partial charge >= 0.3 is 0 Å². The number of hydrogen-bond acceptors (Lipinski definition) is 2. The van der Waals surface area contributed by atoms with Crippen molar-refractivity contribution < 1.29 is 0 Å². The van der Waals surface area contributed by atoms with E-state index in [0.717, 1.165) is 25.7 Å². The number of fused-ring (bicyclic) bond motifs is 5. The predicted octanol–water partition coefficient (Wildman–Crippen LogP) is 8.57. The van der Waals surface area contributed by atoms with Crippen LogP contribution in [0.1, 0.15) is 71.6 Å². The number of hydrogen-bond donors (Lipinski definition) is 1. The monoisotopic (exact) mass is 512 g/mol. The first-order valence-corrected chi connectivity index (χ1v) is 15.4. The molecule has 198 valence electrons. The van der Waals surface area contributed by atoms with E-state index in [1.165, 1.54) is 49.2 Å². The molecule has 0 saturated carbocycles. The second kappa shape index (κ2) is 8.88. The number of allylic oxidation sites excluding steroid dienone is 17. The zero-order chi connectivity index (χ0) is 26.1. The Morgan fingerprint density at radius 2 is 1.72 bits per heavy atom. The summed E-state index contributed by atoms with van der Waals surface area (Å²) in [6, 6.07) is 0.749. The molecule has 8 aliphatic rings. The van der Waals surface area contributed by atoms with Crippen LogP contribution < -0.4 is 5.32 Å². The van der Waals surface area contributed by atoms with Gasteiger partial charge in [0, 0.05) is 34.5 Å². The molecular formula is C37H40N2. The van der Waals surface area contributed by atoms with Gasteiger partial charge in [-0.2, -0.15) is 0 Å². The van der Waals surface area contributed by atoms with Gasteiger partial charge in [0.15, 0.2) is 0 Å². The normalized spacial score (nSPS) is 31.7. The summed E-state index contributed by atoms with van der Waals surface area (Å²) in [5, 5.41) is 4.04. The molecule has 1 fully saturated rings. The Hall–Kier alpha value is -3.26. The van der Waals surface area contributed by atoms with Crippen LogP contribution in [0, 0.1) is 11.3 Å². The van der Waals surface area contributed by atoms with Crippen molar-refractivity contribution in [1.82, 2.24) is 10.2 Å². The van der Waals surface area contributed by atoms with E-state index >= 15 is 0 Å². The number of nitrogens with one attached hydrogen (secondary N) is 1. The van der Waals surface area contributed by atoms with Crippen LogP contribution in [0.5, 0.6) is 0 Å². The minimum Gasteiger partial charge on any atom is -0.382 e. The summed E-state index contributed by atoms with van der Waals surface area (Å²) in [4.78, 5) is 2.68. The van der Waals surface area contributed by atoms with Crippen LogP contribution in [0.3, 0.4) is 0 Å². The first-order chi connectivity index (χ1) is 19.1. The van der Waals surface area contributed by atoms with Crippen molar-refractivity contribution >= 4 is 0 Å². The van der Waals surface area contributed by atoms with Gasteiger partial charge in [-0.1, -0.05) is 74.6 Å². The zero-order valence-corrected chi connectivity index (χ0v) is 23.5. The van der Waals surface area contributed by atoms with E-state index in [2.05, 4.69) is 97.0 Å². The maximum Gasteiger partial charge on any atom is 0.0632 e. The molecule has 8 rings (SSSR count). The Labute approximate surface area is 234 Å². The molecule has 2 heteroatoms. The molecular weight excluding hydrogens is 472 g/mol. The molecule has 1 heterocycles. The highest BCUT2D eigenvalue weighted by atomic mass is 15.2. The van der Waals surface area contributed by atoms with E-state index in [-0.39, 0.29) is 5.41 Å². The van der Waals surface area contributed by atoms with Gasteiger partial charge in [-0.25, -0.2) is 0 Å². The molecule has 3 atom stereocenters. The van der Waals surface area contributed by atoms with Crippen LogP contribution in [0.2, 0.25) is 0 Å². The smallest absolute Gasteiger partial charge is 0.0632 e. The van der Waals surface area contributed by atoms with Gasteiger partial charge in [0.1, 0.15) is 0 Å². The quantitative estimate of drug-likeness (QED) is 0.407. The Kier molecular flexibility index (Phi) is 5.38. The van der Waals surface area contributed by atoms with E-state index in [9.17, 15) is 0 Å². The van der Waals surface area contributed by atoms with Gasteiger partial charge < -0.3 is 10.2 Å². The molecule has 3 unspecified atom stereocenters. The lowest BCUT2D eigenvalue weighted by Gasteiger charge is -2.34. The third-order valence-corrected chi connectivity index (χ3v) is 10.4. The van der Waals surface area contributed by atoms with E-state index in [4.69, 9.17) is 0 Å². The van der Waals surface area contributed by atoms with Gasteiger partial charge in [-0.3, -0.25) is 0 Å². The maximum absolute atomic E-state index is 4.04. The van der Waals surface area contributed by atoms with Gasteiger partial charge in [-0.05, 0) is 109 Å².